The van der Waals surface area contributed by atoms with Crippen molar-refractivity contribution >= 4 is 23.2 Å². The minimum atomic E-state index is -0.654. The van der Waals surface area contributed by atoms with E-state index in [1.165, 1.54) is 38.1 Å². The number of benzene rings is 1. The number of nitro groups is 1. The van der Waals surface area contributed by atoms with Crippen LogP contribution in [-0.2, 0) is 4.79 Å². The van der Waals surface area contributed by atoms with Gasteiger partial charge in [-0.25, -0.2) is 0 Å². The maximum atomic E-state index is 12.8. The number of hydrogen-bond acceptors (Lipinski definition) is 7. The van der Waals surface area contributed by atoms with Crippen LogP contribution >= 0.6 is 11.8 Å². The van der Waals surface area contributed by atoms with Gasteiger partial charge in [-0.2, -0.15) is 0 Å². The van der Waals surface area contributed by atoms with E-state index in [9.17, 15) is 20.0 Å². The number of carbonyl (C=O) groups is 1. The first-order valence-corrected chi connectivity index (χ1v) is 9.67. The van der Waals surface area contributed by atoms with Crippen molar-refractivity contribution in [1.82, 2.24) is 0 Å². The van der Waals surface area contributed by atoms with E-state index in [0.717, 1.165) is 0 Å². The van der Waals surface area contributed by atoms with E-state index in [2.05, 4.69) is 0 Å². The third-order valence-corrected chi connectivity index (χ3v) is 5.66. The molecular weight excluding hydrogens is 370 g/mol. The third kappa shape index (κ3) is 4.37. The summed E-state index contributed by atoms with van der Waals surface area (Å²) in [4.78, 5) is 24.0. The smallest absolute Gasteiger partial charge is 0.278 e. The molecule has 1 unspecified atom stereocenters. The Morgan fingerprint density at radius 1 is 1.26 bits per heavy atom. The molecule has 1 aromatic rings. The summed E-state index contributed by atoms with van der Waals surface area (Å²) in [6.07, 6.45) is 0.643. The summed E-state index contributed by atoms with van der Waals surface area (Å²) in [5.74, 6) is 1.01. The predicted molar refractivity (Wildman–Crippen MR) is 105 cm³/mol. The summed E-state index contributed by atoms with van der Waals surface area (Å²) in [6, 6.07) is 2.82. The summed E-state index contributed by atoms with van der Waals surface area (Å²) in [7, 11) is 2.85. The number of Topliss-reactive ketones (excluding diaryl/α,β-unsaturated/α-hetero) is 1. The minimum absolute atomic E-state index is 0.00582. The van der Waals surface area contributed by atoms with Gasteiger partial charge < -0.3 is 14.6 Å². The largest absolute Gasteiger partial charge is 0.512 e. The zero-order valence-electron chi connectivity index (χ0n) is 16.2. The number of nitrogens with zero attached hydrogens (tertiary/aromatic N) is 1. The second-order valence-electron chi connectivity index (χ2n) is 7.16. The minimum Gasteiger partial charge on any atom is -0.512 e. The fourth-order valence-electron chi connectivity index (χ4n) is 3.35. The van der Waals surface area contributed by atoms with E-state index >= 15 is 0 Å². The molecule has 8 heteroatoms. The lowest BCUT2D eigenvalue weighted by Gasteiger charge is -2.32. The van der Waals surface area contributed by atoms with Gasteiger partial charge in [0.25, 0.3) is 5.69 Å². The van der Waals surface area contributed by atoms with Crippen molar-refractivity contribution in [3.8, 4) is 11.5 Å². The summed E-state index contributed by atoms with van der Waals surface area (Å²) in [6.45, 7) is 5.73. The summed E-state index contributed by atoms with van der Waals surface area (Å²) in [5.41, 5.74) is 0.0578. The molecule has 0 aliphatic heterocycles. The zero-order valence-corrected chi connectivity index (χ0v) is 17.0. The molecule has 148 valence electrons. The van der Waals surface area contributed by atoms with Crippen molar-refractivity contribution in [1.29, 1.82) is 0 Å². The Kier molecular flexibility index (Phi) is 6.41. The van der Waals surface area contributed by atoms with Crippen molar-refractivity contribution in [3.63, 3.8) is 0 Å². The fraction of sp³-hybridized carbons (Fsp3) is 0.526. The fourth-order valence-corrected chi connectivity index (χ4v) is 4.48. The Bertz CT molecular complexity index is 787. The maximum absolute atomic E-state index is 12.8. The molecule has 0 heterocycles. The number of nitro benzene ring substituents is 1. The lowest BCUT2D eigenvalue weighted by atomic mass is 9.75. The molecule has 2 rings (SSSR count). The van der Waals surface area contributed by atoms with Crippen LogP contribution in [0.15, 0.2) is 23.5 Å². The normalized spacial score (nSPS) is 17.6. The van der Waals surface area contributed by atoms with Crippen molar-refractivity contribution in [2.45, 2.75) is 38.9 Å². The molecule has 1 aliphatic carbocycles. The van der Waals surface area contributed by atoms with Crippen molar-refractivity contribution in [2.75, 3.05) is 20.0 Å². The van der Waals surface area contributed by atoms with Crippen LogP contribution in [0, 0.1) is 15.5 Å². The number of aliphatic hydroxyl groups excluding tert-OH is 1. The highest BCUT2D eigenvalue weighted by Crippen LogP contribution is 2.49. The molecule has 0 saturated heterocycles. The van der Waals surface area contributed by atoms with Gasteiger partial charge in [-0.05, 0) is 17.2 Å². The molecule has 1 aliphatic rings. The van der Waals surface area contributed by atoms with Gasteiger partial charge in [0.05, 0.1) is 41.6 Å². The molecule has 7 nitrogen and oxygen atoms in total. The van der Waals surface area contributed by atoms with Crippen LogP contribution in [0.5, 0.6) is 11.5 Å². The summed E-state index contributed by atoms with van der Waals surface area (Å²) < 4.78 is 10.5. The highest BCUT2D eigenvalue weighted by molar-refractivity contribution is 7.99. The van der Waals surface area contributed by atoms with Gasteiger partial charge in [-0.3, -0.25) is 14.9 Å². The molecule has 1 aromatic carbocycles. The van der Waals surface area contributed by atoms with Gasteiger partial charge >= 0.3 is 0 Å². The Morgan fingerprint density at radius 2 is 1.85 bits per heavy atom. The molecule has 0 amide bonds. The monoisotopic (exact) mass is 395 g/mol. The van der Waals surface area contributed by atoms with Crippen LogP contribution in [0.4, 0.5) is 5.69 Å². The molecule has 27 heavy (non-hydrogen) atoms. The molecule has 0 radical (unpaired) electrons. The second kappa shape index (κ2) is 8.21. The number of thioether (sulfide) groups is 1. The van der Waals surface area contributed by atoms with Crippen LogP contribution in [0.25, 0.3) is 0 Å². The molecule has 0 saturated carbocycles. The molecule has 1 N–H and O–H groups in total. The van der Waals surface area contributed by atoms with Gasteiger partial charge in [0.1, 0.15) is 5.76 Å². The molecule has 0 fully saturated rings. The lowest BCUT2D eigenvalue weighted by Crippen LogP contribution is -2.28. The summed E-state index contributed by atoms with van der Waals surface area (Å²) >= 11 is 1.37. The Balaban J connectivity index is 2.70. The van der Waals surface area contributed by atoms with E-state index in [-0.39, 0.29) is 40.4 Å². The lowest BCUT2D eigenvalue weighted by molar-refractivity contribution is -0.385. The molecule has 0 bridgehead atoms. The SMILES string of the molecule is CCSC(C1=C(O)CC(C)(C)CC1=O)c1cc(OC)c(OC)cc1[N+](=O)[O-]. The van der Waals surface area contributed by atoms with Gasteiger partial charge in [-0.15, -0.1) is 11.8 Å². The van der Waals surface area contributed by atoms with E-state index in [0.29, 0.717) is 23.5 Å². The van der Waals surface area contributed by atoms with Gasteiger partial charge in [-0.1, -0.05) is 20.8 Å². The quantitative estimate of drug-likeness (QED) is 0.532. The number of carbonyl (C=O) groups excluding carboxylic acids is 1. The van der Waals surface area contributed by atoms with E-state index in [4.69, 9.17) is 9.47 Å². The van der Waals surface area contributed by atoms with Crippen LogP contribution in [0.2, 0.25) is 0 Å². The standard InChI is InChI=1S/C19H25NO6S/c1-6-27-18(17-13(21)9-19(2,3)10-14(17)22)11-7-15(25-4)16(26-5)8-12(11)20(23)24/h7-8,18,21H,6,9-10H2,1-5H3. The highest BCUT2D eigenvalue weighted by Gasteiger charge is 2.39. The third-order valence-electron chi connectivity index (χ3n) is 4.50. The van der Waals surface area contributed by atoms with Crippen LogP contribution < -0.4 is 9.47 Å². The Hall–Kier alpha value is -2.22. The topological polar surface area (TPSA) is 98.9 Å². The number of ketones is 1. The maximum Gasteiger partial charge on any atom is 0.278 e. The van der Waals surface area contributed by atoms with Crippen molar-refractivity contribution < 1.29 is 24.3 Å². The Labute approximate surface area is 162 Å². The number of aliphatic hydroxyl groups is 1. The van der Waals surface area contributed by atoms with Gasteiger partial charge in [0, 0.05) is 12.8 Å². The molecule has 1 atom stereocenters. The van der Waals surface area contributed by atoms with Crippen molar-refractivity contribution in [2.24, 2.45) is 5.41 Å². The second-order valence-corrected chi connectivity index (χ2v) is 8.54. The average molecular weight is 395 g/mol. The first-order valence-electron chi connectivity index (χ1n) is 8.62. The van der Waals surface area contributed by atoms with Crippen LogP contribution in [-0.4, -0.2) is 35.8 Å². The van der Waals surface area contributed by atoms with Crippen LogP contribution in [0.1, 0.15) is 44.4 Å². The van der Waals surface area contributed by atoms with E-state index in [1.807, 2.05) is 20.8 Å². The predicted octanol–water partition coefficient (Wildman–Crippen LogP) is 4.61. The van der Waals surface area contributed by atoms with E-state index < -0.39 is 10.2 Å². The average Bonchev–Trinajstić information content (AvgIpc) is 2.58. The highest BCUT2D eigenvalue weighted by atomic mass is 32.2. The Morgan fingerprint density at radius 3 is 2.33 bits per heavy atom. The van der Waals surface area contributed by atoms with Gasteiger partial charge in [0.2, 0.25) is 0 Å². The number of allylic oxidation sites excluding steroid dienone is 1. The first kappa shape index (κ1) is 21.1. The number of rotatable bonds is 7. The summed E-state index contributed by atoms with van der Waals surface area (Å²) in [5, 5.41) is 21.6. The van der Waals surface area contributed by atoms with Crippen LogP contribution in [0.3, 0.4) is 0 Å². The number of hydrogen-bond donors (Lipinski definition) is 1. The molecule has 0 spiro atoms. The van der Waals surface area contributed by atoms with E-state index in [1.54, 1.807) is 0 Å². The number of ether oxygens (including phenoxy) is 2. The molecule has 0 aromatic heterocycles. The van der Waals surface area contributed by atoms with Gasteiger partial charge in [0.15, 0.2) is 17.3 Å². The number of methoxy groups -OCH3 is 2. The van der Waals surface area contributed by atoms with Crippen molar-refractivity contribution in [3.05, 3.63) is 39.1 Å². The first-order chi connectivity index (χ1) is 12.6. The zero-order chi connectivity index (χ0) is 20.4. The molecular formula is C19H25NO6S.